The first-order valence-corrected chi connectivity index (χ1v) is 10.6. The largest absolute Gasteiger partial charge is 0.462 e. The van der Waals surface area contributed by atoms with Crippen molar-refractivity contribution < 1.29 is 19.1 Å². The molecule has 2 heterocycles. The number of amidine groups is 1. The molecule has 1 fully saturated rings. The van der Waals surface area contributed by atoms with Gasteiger partial charge in [-0.3, -0.25) is 4.99 Å². The summed E-state index contributed by atoms with van der Waals surface area (Å²) in [4.78, 5) is 32.5. The van der Waals surface area contributed by atoms with E-state index in [9.17, 15) is 9.59 Å². The second-order valence-electron chi connectivity index (χ2n) is 6.75. The van der Waals surface area contributed by atoms with Gasteiger partial charge in [-0.2, -0.15) is 0 Å². The SMILES string of the molecule is CCOC(=O)c1[nH]c(CSC2=N[C@H]3CCCC[C@@H]3N2)c(C(=O)OCC)c1C. The Morgan fingerprint density at radius 3 is 2.56 bits per heavy atom. The molecule has 8 heteroatoms. The zero-order valence-corrected chi connectivity index (χ0v) is 16.9. The van der Waals surface area contributed by atoms with Gasteiger partial charge >= 0.3 is 11.9 Å². The predicted octanol–water partition coefficient (Wildman–Crippen LogP) is 3.18. The van der Waals surface area contributed by atoms with E-state index in [-0.39, 0.29) is 13.2 Å². The van der Waals surface area contributed by atoms with E-state index < -0.39 is 11.9 Å². The average Bonchev–Trinajstić information content (AvgIpc) is 3.20. The first-order valence-electron chi connectivity index (χ1n) is 9.57. The van der Waals surface area contributed by atoms with Gasteiger partial charge in [0.25, 0.3) is 0 Å². The van der Waals surface area contributed by atoms with Gasteiger partial charge in [0.15, 0.2) is 5.17 Å². The smallest absolute Gasteiger partial charge is 0.355 e. The fraction of sp³-hybridized carbons (Fsp3) is 0.632. The Labute approximate surface area is 163 Å². The Morgan fingerprint density at radius 2 is 1.85 bits per heavy atom. The minimum atomic E-state index is -0.459. The minimum Gasteiger partial charge on any atom is -0.462 e. The van der Waals surface area contributed by atoms with Crippen LogP contribution in [0.3, 0.4) is 0 Å². The number of rotatable bonds is 6. The third kappa shape index (κ3) is 4.31. The normalized spacial score (nSPS) is 21.2. The lowest BCUT2D eigenvalue weighted by Crippen LogP contribution is -2.36. The Kier molecular flexibility index (Phi) is 6.46. The number of carbonyl (C=O) groups excluding carboxylic acids is 2. The van der Waals surface area contributed by atoms with E-state index in [1.807, 2.05) is 0 Å². The fourth-order valence-electron chi connectivity index (χ4n) is 3.65. The molecule has 1 aliphatic carbocycles. The summed E-state index contributed by atoms with van der Waals surface area (Å²) in [6, 6.07) is 0.803. The number of aliphatic imine (C=N–C) groups is 1. The molecule has 2 N–H and O–H groups in total. The van der Waals surface area contributed by atoms with Gasteiger partial charge in [-0.05, 0) is 39.2 Å². The zero-order valence-electron chi connectivity index (χ0n) is 16.1. The molecule has 0 spiro atoms. The number of aromatic nitrogens is 1. The molecule has 1 aliphatic heterocycles. The van der Waals surface area contributed by atoms with Crippen molar-refractivity contribution in [2.24, 2.45) is 4.99 Å². The van der Waals surface area contributed by atoms with Gasteiger partial charge < -0.3 is 19.8 Å². The Balaban J connectivity index is 1.77. The summed E-state index contributed by atoms with van der Waals surface area (Å²) in [5.74, 6) is -0.383. The molecule has 1 aromatic rings. The van der Waals surface area contributed by atoms with Crippen molar-refractivity contribution in [1.29, 1.82) is 0 Å². The van der Waals surface area contributed by atoms with Crippen LogP contribution in [0.2, 0.25) is 0 Å². The molecule has 1 aromatic heterocycles. The summed E-state index contributed by atoms with van der Waals surface area (Å²) in [5, 5.41) is 4.40. The molecule has 2 atom stereocenters. The second-order valence-corrected chi connectivity index (χ2v) is 7.71. The number of aromatic amines is 1. The molecule has 0 radical (unpaired) electrons. The van der Waals surface area contributed by atoms with E-state index in [4.69, 9.17) is 14.5 Å². The molecule has 148 valence electrons. The van der Waals surface area contributed by atoms with Crippen molar-refractivity contribution in [3.8, 4) is 0 Å². The lowest BCUT2D eigenvalue weighted by Gasteiger charge is -2.23. The summed E-state index contributed by atoms with van der Waals surface area (Å²) in [6.07, 6.45) is 4.76. The van der Waals surface area contributed by atoms with Crippen molar-refractivity contribution in [2.45, 2.75) is 64.3 Å². The third-order valence-electron chi connectivity index (χ3n) is 4.96. The van der Waals surface area contributed by atoms with E-state index in [1.165, 1.54) is 12.8 Å². The fourth-order valence-corrected chi connectivity index (χ4v) is 4.60. The van der Waals surface area contributed by atoms with Crippen molar-refractivity contribution >= 4 is 28.9 Å². The number of ether oxygens (including phenoxy) is 2. The van der Waals surface area contributed by atoms with E-state index >= 15 is 0 Å². The molecule has 7 nitrogen and oxygen atoms in total. The van der Waals surface area contributed by atoms with Crippen LogP contribution in [0.15, 0.2) is 4.99 Å². The van der Waals surface area contributed by atoms with Gasteiger partial charge in [0.1, 0.15) is 5.69 Å². The van der Waals surface area contributed by atoms with Crippen molar-refractivity contribution in [2.75, 3.05) is 13.2 Å². The van der Waals surface area contributed by atoms with Crippen LogP contribution < -0.4 is 5.32 Å². The molecule has 2 aliphatic rings. The quantitative estimate of drug-likeness (QED) is 0.721. The monoisotopic (exact) mass is 393 g/mol. The van der Waals surface area contributed by atoms with Gasteiger partial charge in [-0.25, -0.2) is 9.59 Å². The lowest BCUT2D eigenvalue weighted by atomic mass is 9.92. The Hall–Kier alpha value is -1.96. The minimum absolute atomic E-state index is 0.277. The Morgan fingerprint density at radius 1 is 1.15 bits per heavy atom. The summed E-state index contributed by atoms with van der Waals surface area (Å²) < 4.78 is 10.3. The molecule has 0 amide bonds. The molecular weight excluding hydrogens is 366 g/mol. The average molecular weight is 394 g/mol. The van der Waals surface area contributed by atoms with E-state index in [1.54, 1.807) is 32.5 Å². The summed E-state index contributed by atoms with van der Waals surface area (Å²) in [6.45, 7) is 5.81. The number of esters is 2. The van der Waals surface area contributed by atoms with Crippen LogP contribution in [0.5, 0.6) is 0 Å². The van der Waals surface area contributed by atoms with Gasteiger partial charge in [0.2, 0.25) is 0 Å². The predicted molar refractivity (Wildman–Crippen MR) is 105 cm³/mol. The van der Waals surface area contributed by atoms with Crippen LogP contribution >= 0.6 is 11.8 Å². The zero-order chi connectivity index (χ0) is 19.4. The number of carbonyl (C=O) groups is 2. The molecular formula is C19H27N3O4S. The molecule has 0 saturated heterocycles. The topological polar surface area (TPSA) is 92.8 Å². The summed E-state index contributed by atoms with van der Waals surface area (Å²) >= 11 is 1.55. The summed E-state index contributed by atoms with van der Waals surface area (Å²) in [7, 11) is 0. The van der Waals surface area contributed by atoms with E-state index in [0.717, 1.165) is 18.0 Å². The second kappa shape index (κ2) is 8.82. The van der Waals surface area contributed by atoms with E-state index in [0.29, 0.717) is 40.4 Å². The maximum Gasteiger partial charge on any atom is 0.355 e. The highest BCUT2D eigenvalue weighted by molar-refractivity contribution is 8.13. The summed E-state index contributed by atoms with van der Waals surface area (Å²) in [5.41, 5.74) is 1.96. The molecule has 3 rings (SSSR count). The first-order chi connectivity index (χ1) is 13.0. The number of nitrogens with zero attached hydrogens (tertiary/aromatic N) is 1. The third-order valence-corrected chi connectivity index (χ3v) is 5.89. The van der Waals surface area contributed by atoms with Crippen molar-refractivity contribution in [3.05, 3.63) is 22.5 Å². The maximum atomic E-state index is 12.4. The van der Waals surface area contributed by atoms with Crippen LogP contribution in [0.25, 0.3) is 0 Å². The van der Waals surface area contributed by atoms with Gasteiger partial charge in [0, 0.05) is 11.4 Å². The number of H-pyrrole nitrogens is 1. The number of thioether (sulfide) groups is 1. The molecule has 0 bridgehead atoms. The highest BCUT2D eigenvalue weighted by Crippen LogP contribution is 2.29. The lowest BCUT2D eigenvalue weighted by molar-refractivity contribution is 0.0518. The highest BCUT2D eigenvalue weighted by atomic mass is 32.2. The molecule has 0 aromatic carbocycles. The van der Waals surface area contributed by atoms with Crippen molar-refractivity contribution in [1.82, 2.24) is 10.3 Å². The first kappa shape index (κ1) is 19.8. The van der Waals surface area contributed by atoms with Crippen LogP contribution in [0, 0.1) is 6.92 Å². The van der Waals surface area contributed by atoms with Gasteiger partial charge in [0.05, 0.1) is 30.9 Å². The van der Waals surface area contributed by atoms with Gasteiger partial charge in [-0.1, -0.05) is 24.6 Å². The molecule has 1 saturated carbocycles. The molecule has 27 heavy (non-hydrogen) atoms. The highest BCUT2D eigenvalue weighted by Gasteiger charge is 2.31. The molecule has 0 unspecified atom stereocenters. The van der Waals surface area contributed by atoms with Crippen LogP contribution in [-0.2, 0) is 15.2 Å². The number of fused-ring (bicyclic) bond motifs is 1. The number of nitrogens with one attached hydrogen (secondary N) is 2. The maximum absolute atomic E-state index is 12.4. The van der Waals surface area contributed by atoms with Gasteiger partial charge in [-0.15, -0.1) is 0 Å². The van der Waals surface area contributed by atoms with Crippen LogP contribution in [0.4, 0.5) is 0 Å². The standard InChI is InChI=1S/C19H27N3O4S/c1-4-25-17(23)15-11(3)16(18(24)26-5-2)20-14(15)10-27-19-21-12-8-6-7-9-13(12)22-19/h12-13,20H,4-10H2,1-3H3,(H,21,22)/t12-,13-/m0/s1. The number of hydrogen-bond donors (Lipinski definition) is 2. The number of hydrogen-bond acceptors (Lipinski definition) is 7. The Bertz CT molecular complexity index is 744. The van der Waals surface area contributed by atoms with E-state index in [2.05, 4.69) is 10.3 Å². The van der Waals surface area contributed by atoms with Crippen molar-refractivity contribution in [3.63, 3.8) is 0 Å². The van der Waals surface area contributed by atoms with Crippen LogP contribution in [0.1, 0.15) is 71.6 Å². The van der Waals surface area contributed by atoms with Crippen LogP contribution in [-0.4, -0.2) is 47.4 Å².